The molecule has 0 fully saturated rings. The van der Waals surface area contributed by atoms with Crippen molar-refractivity contribution in [1.29, 1.82) is 0 Å². The molecule has 0 saturated carbocycles. The van der Waals surface area contributed by atoms with E-state index in [-0.39, 0.29) is 0 Å². The minimum absolute atomic E-state index is 0.379. The molecule has 1 heterocycles. The highest BCUT2D eigenvalue weighted by atomic mass is 79.9. The van der Waals surface area contributed by atoms with Crippen LogP contribution in [0, 0.1) is 5.92 Å². The minimum Gasteiger partial charge on any atom is -0.309 e. The molecule has 3 nitrogen and oxygen atoms in total. The van der Waals surface area contributed by atoms with E-state index in [0.29, 0.717) is 18.0 Å². The van der Waals surface area contributed by atoms with Gasteiger partial charge in [0.15, 0.2) is 0 Å². The van der Waals surface area contributed by atoms with Crippen LogP contribution in [-0.2, 0) is 0 Å². The average Bonchev–Trinajstić information content (AvgIpc) is 2.71. The molecule has 4 heteroatoms. The lowest BCUT2D eigenvalue weighted by Gasteiger charge is -2.28. The van der Waals surface area contributed by atoms with Crippen LogP contribution in [-0.4, -0.2) is 16.3 Å². The monoisotopic (exact) mass is 315 g/mol. The van der Waals surface area contributed by atoms with E-state index in [1.807, 2.05) is 6.20 Å². The zero-order valence-corrected chi connectivity index (χ0v) is 13.8. The van der Waals surface area contributed by atoms with Gasteiger partial charge in [-0.05, 0) is 42.2 Å². The summed E-state index contributed by atoms with van der Waals surface area (Å²) in [6.07, 6.45) is 4.29. The van der Waals surface area contributed by atoms with Crippen LogP contribution >= 0.6 is 15.9 Å². The molecule has 0 spiro atoms. The molecule has 0 bridgehead atoms. The lowest BCUT2D eigenvalue weighted by Crippen LogP contribution is -2.30. The van der Waals surface area contributed by atoms with Crippen LogP contribution in [0.5, 0.6) is 0 Å². The van der Waals surface area contributed by atoms with Crippen molar-refractivity contribution in [2.24, 2.45) is 5.92 Å². The van der Waals surface area contributed by atoms with Gasteiger partial charge in [-0.3, -0.25) is 4.68 Å². The van der Waals surface area contributed by atoms with Crippen molar-refractivity contribution in [1.82, 2.24) is 15.1 Å². The highest BCUT2D eigenvalue weighted by Crippen LogP contribution is 2.33. The summed E-state index contributed by atoms with van der Waals surface area (Å²) >= 11 is 3.66. The number of nitrogens with zero attached hydrogens (tertiary/aromatic N) is 2. The third-order valence-corrected chi connectivity index (χ3v) is 4.13. The van der Waals surface area contributed by atoms with E-state index < -0.39 is 0 Å². The first-order valence-corrected chi connectivity index (χ1v) is 7.82. The van der Waals surface area contributed by atoms with E-state index in [1.165, 1.54) is 18.5 Å². The van der Waals surface area contributed by atoms with Gasteiger partial charge in [0.25, 0.3) is 0 Å². The number of hydrogen-bond acceptors (Lipinski definition) is 2. The zero-order chi connectivity index (χ0) is 13.7. The van der Waals surface area contributed by atoms with Crippen molar-refractivity contribution in [2.75, 3.05) is 6.54 Å². The number of hydrogen-bond donors (Lipinski definition) is 1. The first-order valence-electron chi connectivity index (χ1n) is 7.02. The summed E-state index contributed by atoms with van der Waals surface area (Å²) in [5.41, 5.74) is 1.29. The number of nitrogens with one attached hydrogen (secondary N) is 1. The second-order valence-electron chi connectivity index (χ2n) is 5.03. The van der Waals surface area contributed by atoms with Crippen LogP contribution in [0.2, 0.25) is 0 Å². The third-order valence-electron chi connectivity index (χ3n) is 3.51. The molecule has 1 N–H and O–H groups in total. The van der Waals surface area contributed by atoms with Crippen LogP contribution in [0.1, 0.15) is 65.2 Å². The molecule has 0 aliphatic heterocycles. The number of rotatable bonds is 7. The van der Waals surface area contributed by atoms with Gasteiger partial charge in [0, 0.05) is 6.04 Å². The molecule has 18 heavy (non-hydrogen) atoms. The van der Waals surface area contributed by atoms with Crippen LogP contribution in [0.25, 0.3) is 0 Å². The number of halogens is 1. The van der Waals surface area contributed by atoms with Gasteiger partial charge in [0.05, 0.1) is 22.4 Å². The lowest BCUT2D eigenvalue weighted by molar-refractivity contribution is 0.319. The van der Waals surface area contributed by atoms with Crippen LogP contribution in [0.15, 0.2) is 10.7 Å². The third kappa shape index (κ3) is 3.35. The lowest BCUT2D eigenvalue weighted by atomic mass is 9.91. The average molecular weight is 316 g/mol. The Kier molecular flexibility index (Phi) is 6.36. The fourth-order valence-electron chi connectivity index (χ4n) is 2.52. The quantitative estimate of drug-likeness (QED) is 0.812. The minimum atomic E-state index is 0.379. The van der Waals surface area contributed by atoms with Gasteiger partial charge in [-0.15, -0.1) is 0 Å². The second-order valence-corrected chi connectivity index (χ2v) is 5.88. The highest BCUT2D eigenvalue weighted by Gasteiger charge is 2.26. The maximum Gasteiger partial charge on any atom is 0.0701 e. The fraction of sp³-hybridized carbons (Fsp3) is 0.786. The van der Waals surface area contributed by atoms with Crippen molar-refractivity contribution in [2.45, 2.75) is 59.5 Å². The molecular weight excluding hydrogens is 290 g/mol. The maximum atomic E-state index is 4.50. The van der Waals surface area contributed by atoms with E-state index in [1.54, 1.807) is 0 Å². The zero-order valence-electron chi connectivity index (χ0n) is 12.2. The summed E-state index contributed by atoms with van der Waals surface area (Å²) in [5.74, 6) is 0.649. The molecule has 1 atom stereocenters. The van der Waals surface area contributed by atoms with Crippen molar-refractivity contribution in [3.05, 3.63) is 16.4 Å². The van der Waals surface area contributed by atoms with E-state index in [9.17, 15) is 0 Å². The molecular formula is C14H26BrN3. The summed E-state index contributed by atoms with van der Waals surface area (Å²) in [6, 6.07) is 0.770. The van der Waals surface area contributed by atoms with Crippen molar-refractivity contribution in [3.8, 4) is 0 Å². The molecule has 1 aromatic heterocycles. The van der Waals surface area contributed by atoms with Crippen molar-refractivity contribution >= 4 is 15.9 Å². The molecule has 104 valence electrons. The van der Waals surface area contributed by atoms with Crippen LogP contribution in [0.4, 0.5) is 0 Å². The van der Waals surface area contributed by atoms with Gasteiger partial charge in [-0.1, -0.05) is 33.6 Å². The normalized spacial score (nSPS) is 13.6. The standard InChI is InChI=1S/C14H26BrN3/c1-6-11(7-2)13(16-8-3)14-12(15)9-17-18(14)10(4)5/h9-11,13,16H,6-8H2,1-5H3. The Morgan fingerprint density at radius 1 is 1.28 bits per heavy atom. The molecule has 0 aliphatic carbocycles. The van der Waals surface area contributed by atoms with E-state index in [4.69, 9.17) is 0 Å². The molecule has 0 saturated heterocycles. The Balaban J connectivity index is 3.15. The van der Waals surface area contributed by atoms with E-state index in [0.717, 1.165) is 11.0 Å². The Labute approximate surface area is 119 Å². The van der Waals surface area contributed by atoms with Crippen molar-refractivity contribution < 1.29 is 0 Å². The van der Waals surface area contributed by atoms with Gasteiger partial charge in [-0.2, -0.15) is 5.10 Å². The van der Waals surface area contributed by atoms with Gasteiger partial charge in [0.2, 0.25) is 0 Å². The molecule has 0 aromatic carbocycles. The topological polar surface area (TPSA) is 29.9 Å². The second kappa shape index (κ2) is 7.29. The largest absolute Gasteiger partial charge is 0.309 e. The maximum absolute atomic E-state index is 4.50. The molecule has 0 aliphatic rings. The van der Waals surface area contributed by atoms with Gasteiger partial charge >= 0.3 is 0 Å². The summed E-state index contributed by atoms with van der Waals surface area (Å²) < 4.78 is 3.25. The van der Waals surface area contributed by atoms with Crippen LogP contribution < -0.4 is 5.32 Å². The summed E-state index contributed by atoms with van der Waals surface area (Å²) in [7, 11) is 0. The van der Waals surface area contributed by atoms with Crippen molar-refractivity contribution in [3.63, 3.8) is 0 Å². The fourth-order valence-corrected chi connectivity index (χ4v) is 3.04. The highest BCUT2D eigenvalue weighted by molar-refractivity contribution is 9.10. The van der Waals surface area contributed by atoms with Gasteiger partial charge < -0.3 is 5.32 Å². The number of aromatic nitrogens is 2. The SMILES string of the molecule is CCNC(c1c(Br)cnn1C(C)C)C(CC)CC. The Hall–Kier alpha value is -0.350. The van der Waals surface area contributed by atoms with E-state index in [2.05, 4.69) is 65.6 Å². The predicted octanol–water partition coefficient (Wildman–Crippen LogP) is 4.31. The van der Waals surface area contributed by atoms with Gasteiger partial charge in [-0.25, -0.2) is 0 Å². The van der Waals surface area contributed by atoms with Crippen LogP contribution in [0.3, 0.4) is 0 Å². The summed E-state index contributed by atoms with van der Waals surface area (Å²) in [6.45, 7) is 12.0. The van der Waals surface area contributed by atoms with Gasteiger partial charge in [0.1, 0.15) is 0 Å². The molecule has 1 unspecified atom stereocenters. The molecule has 1 aromatic rings. The molecule has 1 rings (SSSR count). The molecule has 0 radical (unpaired) electrons. The Bertz CT molecular complexity index is 356. The molecule has 0 amide bonds. The first-order chi connectivity index (χ1) is 8.56. The Morgan fingerprint density at radius 2 is 1.89 bits per heavy atom. The predicted molar refractivity (Wildman–Crippen MR) is 80.8 cm³/mol. The smallest absolute Gasteiger partial charge is 0.0701 e. The first kappa shape index (κ1) is 15.7. The van der Waals surface area contributed by atoms with E-state index >= 15 is 0 Å². The summed E-state index contributed by atoms with van der Waals surface area (Å²) in [4.78, 5) is 0. The Morgan fingerprint density at radius 3 is 2.33 bits per heavy atom. The summed E-state index contributed by atoms with van der Waals surface area (Å²) in [5, 5.41) is 8.13.